The lowest BCUT2D eigenvalue weighted by Gasteiger charge is -2.42. The minimum Gasteiger partial charge on any atom is -0.493 e. The van der Waals surface area contributed by atoms with Crippen LogP contribution in [0.5, 0.6) is 5.75 Å². The molecule has 1 aliphatic heterocycles. The number of piperidine rings is 1. The number of amides is 1. The highest BCUT2D eigenvalue weighted by atomic mass is 32.2. The van der Waals surface area contributed by atoms with E-state index in [1.807, 2.05) is 60.7 Å². The van der Waals surface area contributed by atoms with Gasteiger partial charge in [-0.15, -0.1) is 0 Å². The lowest BCUT2D eigenvalue weighted by atomic mass is 9.78. The quantitative estimate of drug-likeness (QED) is 0.418. The maximum Gasteiger partial charge on any atom is 0.243 e. The van der Waals surface area contributed by atoms with Gasteiger partial charge in [0.1, 0.15) is 11.6 Å². The Balaban J connectivity index is 1.56. The molecule has 1 atom stereocenters. The maximum atomic E-state index is 13.4. The van der Waals surface area contributed by atoms with Gasteiger partial charge in [-0.05, 0) is 54.8 Å². The van der Waals surface area contributed by atoms with E-state index in [0.717, 1.165) is 17.7 Å². The molecule has 0 N–H and O–H groups in total. The van der Waals surface area contributed by atoms with E-state index in [4.69, 9.17) is 4.74 Å². The first kappa shape index (κ1) is 25.9. The lowest BCUT2D eigenvalue weighted by molar-refractivity contribution is -0.134. The molecule has 0 aromatic heterocycles. The van der Waals surface area contributed by atoms with Crippen molar-refractivity contribution in [3.63, 3.8) is 0 Å². The van der Waals surface area contributed by atoms with E-state index in [9.17, 15) is 17.6 Å². The topological polar surface area (TPSA) is 66.9 Å². The van der Waals surface area contributed by atoms with Crippen molar-refractivity contribution in [2.45, 2.75) is 30.7 Å². The first-order valence-electron chi connectivity index (χ1n) is 12.0. The normalized spacial score (nSPS) is 18.5. The van der Waals surface area contributed by atoms with Crippen LogP contribution in [0.4, 0.5) is 4.39 Å². The molecule has 0 saturated carbocycles. The average Bonchev–Trinajstić information content (AvgIpc) is 2.89. The fraction of sp³-hybridized carbons (Fsp3) is 0.321. The van der Waals surface area contributed by atoms with E-state index in [2.05, 4.69) is 0 Å². The summed E-state index contributed by atoms with van der Waals surface area (Å²) in [5.74, 6) is 0.0993. The summed E-state index contributed by atoms with van der Waals surface area (Å²) in [6.07, 6.45) is 1.40. The van der Waals surface area contributed by atoms with Crippen molar-refractivity contribution in [1.82, 2.24) is 9.21 Å². The van der Waals surface area contributed by atoms with Gasteiger partial charge in [-0.25, -0.2) is 12.8 Å². The van der Waals surface area contributed by atoms with Crippen LogP contribution >= 0.6 is 0 Å². The van der Waals surface area contributed by atoms with E-state index in [1.54, 1.807) is 11.9 Å². The molecule has 1 amide bonds. The molecule has 0 spiro atoms. The molecular weight excluding hydrogens is 479 g/mol. The number of benzene rings is 3. The first-order chi connectivity index (χ1) is 17.3. The minimum atomic E-state index is -3.85. The van der Waals surface area contributed by atoms with E-state index < -0.39 is 21.3 Å². The third kappa shape index (κ3) is 6.30. The van der Waals surface area contributed by atoms with Crippen LogP contribution in [0.25, 0.3) is 0 Å². The molecule has 1 heterocycles. The fourth-order valence-corrected chi connectivity index (χ4v) is 6.18. The molecule has 1 saturated heterocycles. The molecule has 190 valence electrons. The molecular formula is C28H31FN2O4S. The number of hydrogen-bond donors (Lipinski definition) is 0. The molecule has 3 aromatic rings. The van der Waals surface area contributed by atoms with Crippen LogP contribution in [0.15, 0.2) is 89.8 Å². The lowest BCUT2D eigenvalue weighted by Crippen LogP contribution is -2.50. The van der Waals surface area contributed by atoms with Crippen molar-refractivity contribution in [3.05, 3.63) is 96.3 Å². The highest BCUT2D eigenvalue weighted by Gasteiger charge is 2.43. The number of rotatable bonds is 9. The van der Waals surface area contributed by atoms with E-state index in [1.165, 1.54) is 16.4 Å². The van der Waals surface area contributed by atoms with Crippen LogP contribution in [0.1, 0.15) is 24.8 Å². The number of halogens is 1. The fourth-order valence-electron chi connectivity index (χ4n) is 4.59. The molecule has 0 bridgehead atoms. The van der Waals surface area contributed by atoms with Gasteiger partial charge in [0.25, 0.3) is 0 Å². The first-order valence-corrected chi connectivity index (χ1v) is 13.4. The van der Waals surface area contributed by atoms with Crippen molar-refractivity contribution >= 4 is 15.9 Å². The second-order valence-electron chi connectivity index (χ2n) is 9.41. The number of carbonyl (C=O) groups excluding carboxylic acids is 1. The van der Waals surface area contributed by atoms with Gasteiger partial charge in [-0.3, -0.25) is 4.79 Å². The predicted octanol–water partition coefficient (Wildman–Crippen LogP) is 4.72. The summed E-state index contributed by atoms with van der Waals surface area (Å²) in [4.78, 5) is 15.1. The minimum absolute atomic E-state index is 0.0381. The van der Waals surface area contributed by atoms with E-state index >= 15 is 0 Å². The highest BCUT2D eigenvalue weighted by Crippen LogP contribution is 2.37. The Labute approximate surface area is 212 Å². The zero-order valence-corrected chi connectivity index (χ0v) is 21.2. The van der Waals surface area contributed by atoms with Gasteiger partial charge in [-0.1, -0.05) is 48.5 Å². The summed E-state index contributed by atoms with van der Waals surface area (Å²) in [6.45, 7) is 1.15. The Morgan fingerprint density at radius 3 is 2.31 bits per heavy atom. The van der Waals surface area contributed by atoms with Gasteiger partial charge in [-0.2, -0.15) is 4.31 Å². The zero-order valence-electron chi connectivity index (χ0n) is 20.3. The number of hydrogen-bond acceptors (Lipinski definition) is 4. The SMILES string of the molecule is CN(Cc1ccccc1)C(=O)C[C@]1(COc2ccccc2)CCCN(S(=O)(=O)c2ccc(F)cc2)C1. The monoisotopic (exact) mass is 510 g/mol. The Morgan fingerprint density at radius 2 is 1.64 bits per heavy atom. The van der Waals surface area contributed by atoms with Crippen LogP contribution in [0, 0.1) is 11.2 Å². The van der Waals surface area contributed by atoms with Crippen molar-refractivity contribution in [1.29, 1.82) is 0 Å². The Bertz CT molecular complexity index is 1250. The average molecular weight is 511 g/mol. The third-order valence-electron chi connectivity index (χ3n) is 6.58. The largest absolute Gasteiger partial charge is 0.493 e. The molecule has 3 aromatic carbocycles. The van der Waals surface area contributed by atoms with Crippen molar-refractivity contribution in [2.24, 2.45) is 5.41 Å². The number of carbonyl (C=O) groups is 1. The van der Waals surface area contributed by atoms with Gasteiger partial charge in [0.2, 0.25) is 15.9 Å². The van der Waals surface area contributed by atoms with Crippen molar-refractivity contribution in [2.75, 3.05) is 26.7 Å². The Hall–Kier alpha value is -3.23. The third-order valence-corrected chi connectivity index (χ3v) is 8.44. The van der Waals surface area contributed by atoms with Crippen molar-refractivity contribution < 1.29 is 22.3 Å². The highest BCUT2D eigenvalue weighted by molar-refractivity contribution is 7.89. The molecule has 36 heavy (non-hydrogen) atoms. The summed E-state index contributed by atoms with van der Waals surface area (Å²) in [5.41, 5.74) is 0.315. The molecule has 1 fully saturated rings. The van der Waals surface area contributed by atoms with Crippen LogP contribution in [0.3, 0.4) is 0 Å². The van der Waals surface area contributed by atoms with Crippen LogP contribution in [-0.2, 0) is 21.4 Å². The van der Waals surface area contributed by atoms with Crippen LogP contribution in [0.2, 0.25) is 0 Å². The number of ether oxygens (including phenoxy) is 1. The summed E-state index contributed by atoms with van der Waals surface area (Å²) in [6, 6.07) is 23.9. The Morgan fingerprint density at radius 1 is 1.00 bits per heavy atom. The standard InChI is InChI=1S/C28H31FN2O4S/c1-30(20-23-9-4-2-5-10-23)27(32)19-28(22-35-25-11-6-3-7-12-25)17-8-18-31(21-28)36(33,34)26-15-13-24(29)14-16-26/h2-7,9-16H,8,17-22H2,1H3/t28-/m1/s1. The van der Waals surface area contributed by atoms with Gasteiger partial charge < -0.3 is 9.64 Å². The summed E-state index contributed by atoms with van der Waals surface area (Å²) in [5, 5.41) is 0. The van der Waals surface area contributed by atoms with Gasteiger partial charge in [0, 0.05) is 38.5 Å². The van der Waals surface area contributed by atoms with Gasteiger partial charge >= 0.3 is 0 Å². The maximum absolute atomic E-state index is 13.4. The molecule has 0 radical (unpaired) electrons. The molecule has 0 unspecified atom stereocenters. The second-order valence-corrected chi connectivity index (χ2v) is 11.3. The van der Waals surface area contributed by atoms with Crippen LogP contribution in [-0.4, -0.2) is 50.3 Å². The molecule has 0 aliphatic carbocycles. The summed E-state index contributed by atoms with van der Waals surface area (Å²) in [7, 11) is -2.09. The molecule has 4 rings (SSSR count). The summed E-state index contributed by atoms with van der Waals surface area (Å²) >= 11 is 0. The smallest absolute Gasteiger partial charge is 0.243 e. The molecule has 6 nitrogen and oxygen atoms in total. The van der Waals surface area contributed by atoms with Gasteiger partial charge in [0.15, 0.2) is 0 Å². The number of nitrogens with zero attached hydrogens (tertiary/aromatic N) is 2. The number of para-hydroxylation sites is 1. The van der Waals surface area contributed by atoms with Gasteiger partial charge in [0.05, 0.1) is 11.5 Å². The van der Waals surface area contributed by atoms with E-state index in [-0.39, 0.29) is 30.4 Å². The zero-order chi connectivity index (χ0) is 25.6. The number of sulfonamides is 1. The van der Waals surface area contributed by atoms with Crippen LogP contribution < -0.4 is 4.74 Å². The van der Waals surface area contributed by atoms with E-state index in [0.29, 0.717) is 31.7 Å². The molecule has 8 heteroatoms. The summed E-state index contributed by atoms with van der Waals surface area (Å²) < 4.78 is 47.7. The Kier molecular flexibility index (Phi) is 8.06. The molecule has 1 aliphatic rings. The van der Waals surface area contributed by atoms with Crippen molar-refractivity contribution in [3.8, 4) is 5.75 Å². The predicted molar refractivity (Wildman–Crippen MR) is 136 cm³/mol. The second kappa shape index (κ2) is 11.2.